The molecular weight excluding hydrogens is 326 g/mol. The van der Waals surface area contributed by atoms with E-state index >= 15 is 0 Å². The lowest BCUT2D eigenvalue weighted by molar-refractivity contribution is -0.116. The number of pyridine rings is 1. The molecule has 2 aromatic carbocycles. The second-order valence-electron chi connectivity index (χ2n) is 5.97. The van der Waals surface area contributed by atoms with Crippen LogP contribution in [0.25, 0.3) is 22.2 Å². The van der Waals surface area contributed by atoms with Gasteiger partial charge in [-0.25, -0.2) is 0 Å². The average Bonchev–Trinajstić information content (AvgIpc) is 3.15. The number of aromatic nitrogens is 4. The van der Waals surface area contributed by atoms with E-state index in [1.165, 1.54) is 10.8 Å². The number of hydrogen-bond acceptors (Lipinski definition) is 4. The lowest BCUT2D eigenvalue weighted by Gasteiger charge is -2.04. The van der Waals surface area contributed by atoms with E-state index in [4.69, 9.17) is 0 Å². The molecule has 4 aromatic rings. The van der Waals surface area contributed by atoms with Gasteiger partial charge in [-0.3, -0.25) is 20.2 Å². The number of carbonyl (C=O) groups is 1. The smallest absolute Gasteiger partial charge is 0.249 e. The van der Waals surface area contributed by atoms with Crippen molar-refractivity contribution in [3.63, 3.8) is 0 Å². The number of anilines is 1. The number of rotatable bonds is 5. The summed E-state index contributed by atoms with van der Waals surface area (Å²) in [5.74, 6) is 0.760. The average molecular weight is 343 g/mol. The summed E-state index contributed by atoms with van der Waals surface area (Å²) in [4.78, 5) is 20.4. The van der Waals surface area contributed by atoms with Gasteiger partial charge in [0.05, 0.1) is 0 Å². The van der Waals surface area contributed by atoms with Gasteiger partial charge in [0.15, 0.2) is 5.82 Å². The quantitative estimate of drug-likeness (QED) is 0.580. The summed E-state index contributed by atoms with van der Waals surface area (Å²) < 4.78 is 0. The molecule has 2 N–H and O–H groups in total. The van der Waals surface area contributed by atoms with Crippen molar-refractivity contribution < 1.29 is 4.79 Å². The molecule has 128 valence electrons. The Bertz CT molecular complexity index is 1040. The molecule has 4 rings (SSSR count). The first kappa shape index (κ1) is 16.0. The molecule has 0 fully saturated rings. The third-order valence-corrected chi connectivity index (χ3v) is 4.15. The van der Waals surface area contributed by atoms with Crippen LogP contribution < -0.4 is 5.32 Å². The van der Waals surface area contributed by atoms with E-state index in [9.17, 15) is 4.79 Å². The fourth-order valence-electron chi connectivity index (χ4n) is 2.80. The summed E-state index contributed by atoms with van der Waals surface area (Å²) in [5.41, 5.74) is 2.00. The number of nitrogens with one attached hydrogen (secondary N) is 2. The molecule has 0 bridgehead atoms. The molecule has 6 nitrogen and oxygen atoms in total. The van der Waals surface area contributed by atoms with Crippen molar-refractivity contribution >= 4 is 22.6 Å². The van der Waals surface area contributed by atoms with Crippen molar-refractivity contribution in [3.05, 3.63) is 72.6 Å². The molecule has 0 unspecified atom stereocenters. The van der Waals surface area contributed by atoms with Gasteiger partial charge in [0.2, 0.25) is 11.9 Å². The second kappa shape index (κ2) is 7.14. The highest BCUT2D eigenvalue weighted by atomic mass is 16.1. The molecule has 0 aliphatic carbocycles. The van der Waals surface area contributed by atoms with Crippen LogP contribution in [0.5, 0.6) is 0 Å². The highest BCUT2D eigenvalue weighted by Crippen LogP contribution is 2.17. The van der Waals surface area contributed by atoms with Crippen molar-refractivity contribution in [1.29, 1.82) is 0 Å². The largest absolute Gasteiger partial charge is 0.293 e. The lowest BCUT2D eigenvalue weighted by Crippen LogP contribution is -2.13. The molecule has 0 radical (unpaired) electrons. The number of aromatic amines is 1. The molecule has 26 heavy (non-hydrogen) atoms. The first-order chi connectivity index (χ1) is 12.8. The first-order valence-corrected chi connectivity index (χ1v) is 8.38. The third-order valence-electron chi connectivity index (χ3n) is 4.15. The minimum absolute atomic E-state index is 0.113. The standard InChI is InChI=1S/C20H17N5O/c26-18(8-6-14-5-7-15-3-1-2-4-17(15)13-14)22-20-23-19(24-25-20)16-9-11-21-12-10-16/h1-5,7,9-13H,6,8H2,(H2,22,23,24,25,26). The van der Waals surface area contributed by atoms with Gasteiger partial charge < -0.3 is 0 Å². The third kappa shape index (κ3) is 3.59. The van der Waals surface area contributed by atoms with Crippen molar-refractivity contribution in [2.45, 2.75) is 12.8 Å². The topological polar surface area (TPSA) is 83.6 Å². The highest BCUT2D eigenvalue weighted by molar-refractivity contribution is 5.89. The van der Waals surface area contributed by atoms with Gasteiger partial charge in [-0.15, -0.1) is 5.10 Å². The molecular formula is C20H17N5O. The number of aryl methyl sites for hydroxylation is 1. The molecule has 0 aliphatic heterocycles. The number of fused-ring (bicyclic) bond motifs is 1. The zero-order valence-electron chi connectivity index (χ0n) is 14.0. The molecule has 0 saturated carbocycles. The van der Waals surface area contributed by atoms with E-state index in [-0.39, 0.29) is 11.9 Å². The van der Waals surface area contributed by atoms with Crippen LogP contribution in [0.3, 0.4) is 0 Å². The fraction of sp³-hybridized carbons (Fsp3) is 0.100. The van der Waals surface area contributed by atoms with E-state index in [0.29, 0.717) is 18.7 Å². The van der Waals surface area contributed by atoms with Gasteiger partial charge in [0, 0.05) is 24.4 Å². The van der Waals surface area contributed by atoms with Gasteiger partial charge in [-0.1, -0.05) is 42.5 Å². The van der Waals surface area contributed by atoms with Crippen molar-refractivity contribution in [2.75, 3.05) is 5.32 Å². The number of hydrogen-bond donors (Lipinski definition) is 2. The molecule has 1 amide bonds. The van der Waals surface area contributed by atoms with Crippen LogP contribution in [0, 0.1) is 0 Å². The number of carbonyl (C=O) groups excluding carboxylic acids is 1. The van der Waals surface area contributed by atoms with Gasteiger partial charge >= 0.3 is 0 Å². The molecule has 0 atom stereocenters. The number of benzene rings is 2. The Balaban J connectivity index is 1.37. The van der Waals surface area contributed by atoms with Crippen LogP contribution in [0.4, 0.5) is 5.95 Å². The Morgan fingerprint density at radius 2 is 1.81 bits per heavy atom. The minimum Gasteiger partial charge on any atom is -0.293 e. The maximum Gasteiger partial charge on any atom is 0.249 e. The molecule has 0 aliphatic rings. The van der Waals surface area contributed by atoms with Gasteiger partial charge in [0.1, 0.15) is 0 Å². The molecule has 0 spiro atoms. The monoisotopic (exact) mass is 343 g/mol. The number of nitrogens with zero attached hydrogens (tertiary/aromatic N) is 3. The Hall–Kier alpha value is -3.54. The fourth-order valence-corrected chi connectivity index (χ4v) is 2.80. The van der Waals surface area contributed by atoms with Crippen LogP contribution >= 0.6 is 0 Å². The van der Waals surface area contributed by atoms with E-state index in [1.54, 1.807) is 12.4 Å². The van der Waals surface area contributed by atoms with Crippen molar-refractivity contribution in [1.82, 2.24) is 20.2 Å². The Morgan fingerprint density at radius 1 is 1.00 bits per heavy atom. The molecule has 2 aromatic heterocycles. The maximum atomic E-state index is 12.2. The molecule has 2 heterocycles. The van der Waals surface area contributed by atoms with Gasteiger partial charge in [-0.2, -0.15) is 4.98 Å². The SMILES string of the molecule is O=C(CCc1ccc2ccccc2c1)Nc1n[nH]c(-c2ccncc2)n1. The predicted molar refractivity (Wildman–Crippen MR) is 101 cm³/mol. The minimum atomic E-state index is -0.113. The number of H-pyrrole nitrogens is 1. The van der Waals surface area contributed by atoms with Crippen LogP contribution in [-0.4, -0.2) is 26.1 Å². The zero-order valence-corrected chi connectivity index (χ0v) is 14.0. The van der Waals surface area contributed by atoms with Crippen LogP contribution in [0.15, 0.2) is 67.0 Å². The molecule has 0 saturated heterocycles. The lowest BCUT2D eigenvalue weighted by atomic mass is 10.0. The predicted octanol–water partition coefficient (Wildman–Crippen LogP) is 3.59. The number of amides is 1. The van der Waals surface area contributed by atoms with Crippen molar-refractivity contribution in [3.8, 4) is 11.4 Å². The van der Waals surface area contributed by atoms with Crippen LogP contribution in [0.2, 0.25) is 0 Å². The summed E-state index contributed by atoms with van der Waals surface area (Å²) in [5, 5.41) is 12.0. The summed E-state index contributed by atoms with van der Waals surface area (Å²) in [6, 6.07) is 18.1. The maximum absolute atomic E-state index is 12.2. The molecule has 6 heteroatoms. The zero-order chi connectivity index (χ0) is 17.8. The van der Waals surface area contributed by atoms with Crippen molar-refractivity contribution in [2.24, 2.45) is 0 Å². The van der Waals surface area contributed by atoms with E-state index < -0.39 is 0 Å². The normalized spacial score (nSPS) is 10.8. The van der Waals surface area contributed by atoms with Crippen LogP contribution in [-0.2, 0) is 11.2 Å². The summed E-state index contributed by atoms with van der Waals surface area (Å²) >= 11 is 0. The second-order valence-corrected chi connectivity index (χ2v) is 5.97. The summed E-state index contributed by atoms with van der Waals surface area (Å²) in [7, 11) is 0. The Morgan fingerprint density at radius 3 is 2.65 bits per heavy atom. The van der Waals surface area contributed by atoms with E-state index in [0.717, 1.165) is 11.1 Å². The first-order valence-electron chi connectivity index (χ1n) is 8.38. The van der Waals surface area contributed by atoms with E-state index in [1.807, 2.05) is 24.3 Å². The summed E-state index contributed by atoms with van der Waals surface area (Å²) in [6.07, 6.45) is 4.40. The Kier molecular flexibility index (Phi) is 4.38. The summed E-state index contributed by atoms with van der Waals surface area (Å²) in [6.45, 7) is 0. The van der Waals surface area contributed by atoms with Gasteiger partial charge in [0.25, 0.3) is 0 Å². The van der Waals surface area contributed by atoms with E-state index in [2.05, 4.69) is 55.8 Å². The van der Waals surface area contributed by atoms with Crippen LogP contribution in [0.1, 0.15) is 12.0 Å². The highest BCUT2D eigenvalue weighted by Gasteiger charge is 2.09. The Labute approximate surface area is 150 Å². The van der Waals surface area contributed by atoms with Gasteiger partial charge in [-0.05, 0) is 34.9 Å².